The van der Waals surface area contributed by atoms with Gasteiger partial charge in [-0.05, 0) is 29.2 Å². The van der Waals surface area contributed by atoms with Gasteiger partial charge in [-0.2, -0.15) is 0 Å². The number of nitrogens with two attached hydrogens (primary N) is 1. The van der Waals surface area contributed by atoms with E-state index in [1.54, 1.807) is 0 Å². The first-order valence-corrected chi connectivity index (χ1v) is 9.17. The number of rotatable bonds is 4. The van der Waals surface area contributed by atoms with Crippen LogP contribution < -0.4 is 5.73 Å². The summed E-state index contributed by atoms with van der Waals surface area (Å²) < 4.78 is 0. The van der Waals surface area contributed by atoms with Gasteiger partial charge in [0.1, 0.15) is 0 Å². The molecule has 4 rings (SSSR count). The van der Waals surface area contributed by atoms with Crippen LogP contribution >= 0.6 is 11.3 Å². The minimum atomic E-state index is -0.338. The summed E-state index contributed by atoms with van der Waals surface area (Å²) in [6, 6.07) is 19.3. The standard InChI is InChI=1S/C21H19N3S/c22-20-24-19(14-25-20)21(10-5-11-23-15-21)18-9-4-8-17(13-18)12-16-6-2-1-3-7-16/h1-11,13-14H,12,15H2,(H2,22,24). The van der Waals surface area contributed by atoms with Crippen LogP contribution in [0.25, 0.3) is 0 Å². The topological polar surface area (TPSA) is 51.3 Å². The van der Waals surface area contributed by atoms with Crippen LogP contribution in [0.3, 0.4) is 0 Å². The molecule has 0 saturated heterocycles. The van der Waals surface area contributed by atoms with E-state index in [-0.39, 0.29) is 5.41 Å². The van der Waals surface area contributed by atoms with Crippen molar-refractivity contribution in [3.8, 4) is 0 Å². The summed E-state index contributed by atoms with van der Waals surface area (Å²) in [6.45, 7) is 0.654. The number of aromatic nitrogens is 1. The van der Waals surface area contributed by atoms with Crippen LogP contribution in [-0.4, -0.2) is 17.7 Å². The molecule has 2 N–H and O–H groups in total. The van der Waals surface area contributed by atoms with Crippen molar-refractivity contribution in [1.82, 2.24) is 4.98 Å². The number of anilines is 1. The van der Waals surface area contributed by atoms with E-state index in [9.17, 15) is 0 Å². The fraction of sp³-hybridized carbons (Fsp3) is 0.143. The van der Waals surface area contributed by atoms with Crippen molar-refractivity contribution in [2.24, 2.45) is 4.99 Å². The zero-order valence-electron chi connectivity index (χ0n) is 13.8. The third-order valence-electron chi connectivity index (χ3n) is 4.59. The molecule has 1 atom stereocenters. The third-order valence-corrected chi connectivity index (χ3v) is 5.26. The third kappa shape index (κ3) is 3.13. The molecule has 0 saturated carbocycles. The molecular formula is C21H19N3S. The van der Waals surface area contributed by atoms with Crippen LogP contribution in [0.1, 0.15) is 22.4 Å². The average molecular weight is 345 g/mol. The van der Waals surface area contributed by atoms with Gasteiger partial charge < -0.3 is 5.73 Å². The minimum absolute atomic E-state index is 0.338. The number of thiazole rings is 1. The molecule has 1 unspecified atom stereocenters. The zero-order chi connectivity index (χ0) is 17.1. The molecule has 0 spiro atoms. The first-order chi connectivity index (χ1) is 12.3. The Hall–Kier alpha value is -2.72. The van der Waals surface area contributed by atoms with Crippen molar-refractivity contribution in [2.45, 2.75) is 11.8 Å². The molecule has 0 fully saturated rings. The predicted octanol–water partition coefficient (Wildman–Crippen LogP) is 4.24. The lowest BCUT2D eigenvalue weighted by atomic mass is 9.76. The zero-order valence-corrected chi connectivity index (χ0v) is 14.6. The molecule has 0 radical (unpaired) electrons. The Kier molecular flexibility index (Phi) is 4.20. The Morgan fingerprint density at radius 3 is 2.60 bits per heavy atom. The van der Waals surface area contributed by atoms with E-state index in [0.29, 0.717) is 11.7 Å². The van der Waals surface area contributed by atoms with Gasteiger partial charge in [-0.25, -0.2) is 4.98 Å². The van der Waals surface area contributed by atoms with E-state index in [0.717, 1.165) is 12.1 Å². The van der Waals surface area contributed by atoms with Gasteiger partial charge in [-0.15, -0.1) is 11.3 Å². The lowest BCUT2D eigenvalue weighted by Gasteiger charge is -2.30. The highest BCUT2D eigenvalue weighted by Gasteiger charge is 2.35. The van der Waals surface area contributed by atoms with Gasteiger partial charge in [-0.1, -0.05) is 60.7 Å². The lowest BCUT2D eigenvalue weighted by molar-refractivity contribution is 0.634. The summed E-state index contributed by atoms with van der Waals surface area (Å²) in [7, 11) is 0. The molecule has 2 heterocycles. The summed E-state index contributed by atoms with van der Waals surface area (Å²) in [5, 5.41) is 2.64. The highest BCUT2D eigenvalue weighted by molar-refractivity contribution is 7.13. The van der Waals surface area contributed by atoms with E-state index in [2.05, 4.69) is 64.6 Å². The quantitative estimate of drug-likeness (QED) is 0.769. The average Bonchev–Trinajstić information content (AvgIpc) is 3.10. The number of dihydropyridines is 1. The number of aliphatic imine (C=N–C) groups is 1. The maximum absolute atomic E-state index is 5.90. The van der Waals surface area contributed by atoms with E-state index in [4.69, 9.17) is 5.73 Å². The molecular weight excluding hydrogens is 326 g/mol. The second kappa shape index (κ2) is 6.65. The largest absolute Gasteiger partial charge is 0.375 e. The van der Waals surface area contributed by atoms with Gasteiger partial charge >= 0.3 is 0 Å². The molecule has 1 aliphatic rings. The SMILES string of the molecule is Nc1nc(C2(c3cccc(Cc4ccccc4)c3)C=CC=NC2)cs1. The van der Waals surface area contributed by atoms with Crippen molar-refractivity contribution in [3.05, 3.63) is 94.5 Å². The molecule has 0 aliphatic carbocycles. The number of hydrogen-bond donors (Lipinski definition) is 1. The number of hydrogen-bond acceptors (Lipinski definition) is 4. The Bertz CT molecular complexity index is 927. The van der Waals surface area contributed by atoms with Gasteiger partial charge in [0, 0.05) is 11.6 Å². The van der Waals surface area contributed by atoms with E-state index in [1.165, 1.54) is 28.0 Å². The molecule has 1 aliphatic heterocycles. The monoisotopic (exact) mass is 345 g/mol. The summed E-state index contributed by atoms with van der Waals surface area (Å²) >= 11 is 1.48. The lowest BCUT2D eigenvalue weighted by Crippen LogP contribution is -2.31. The van der Waals surface area contributed by atoms with E-state index < -0.39 is 0 Å². The Morgan fingerprint density at radius 1 is 1.04 bits per heavy atom. The molecule has 3 nitrogen and oxygen atoms in total. The molecule has 0 amide bonds. The Labute approximate surface area is 151 Å². The number of benzene rings is 2. The van der Waals surface area contributed by atoms with Gasteiger partial charge in [0.2, 0.25) is 0 Å². The molecule has 25 heavy (non-hydrogen) atoms. The number of allylic oxidation sites excluding steroid dienone is 1. The molecule has 4 heteroatoms. The number of nitrogens with zero attached hydrogens (tertiary/aromatic N) is 2. The van der Waals surface area contributed by atoms with Crippen molar-refractivity contribution < 1.29 is 0 Å². The van der Waals surface area contributed by atoms with E-state index in [1.807, 2.05) is 23.7 Å². The maximum Gasteiger partial charge on any atom is 0.180 e. The summed E-state index contributed by atoms with van der Waals surface area (Å²) in [5.74, 6) is 0. The Morgan fingerprint density at radius 2 is 1.88 bits per heavy atom. The first-order valence-electron chi connectivity index (χ1n) is 8.29. The van der Waals surface area contributed by atoms with Crippen LogP contribution in [0.2, 0.25) is 0 Å². The highest BCUT2D eigenvalue weighted by Crippen LogP contribution is 2.37. The van der Waals surface area contributed by atoms with Crippen molar-refractivity contribution in [3.63, 3.8) is 0 Å². The summed E-state index contributed by atoms with van der Waals surface area (Å²) in [6.07, 6.45) is 6.96. The first kappa shape index (κ1) is 15.8. The normalized spacial score (nSPS) is 19.2. The van der Waals surface area contributed by atoms with Crippen molar-refractivity contribution >= 4 is 22.7 Å². The predicted molar refractivity (Wildman–Crippen MR) is 105 cm³/mol. The molecule has 1 aromatic heterocycles. The molecule has 3 aromatic rings. The van der Waals surface area contributed by atoms with Crippen LogP contribution in [0.4, 0.5) is 5.13 Å². The second-order valence-corrected chi connectivity index (χ2v) is 7.14. The highest BCUT2D eigenvalue weighted by atomic mass is 32.1. The minimum Gasteiger partial charge on any atom is -0.375 e. The second-order valence-electron chi connectivity index (χ2n) is 6.25. The van der Waals surface area contributed by atoms with Crippen molar-refractivity contribution in [2.75, 3.05) is 12.3 Å². The Balaban J connectivity index is 1.74. The van der Waals surface area contributed by atoms with Crippen LogP contribution in [0, 0.1) is 0 Å². The molecule has 124 valence electrons. The number of nitrogen functional groups attached to an aromatic ring is 1. The van der Waals surface area contributed by atoms with Gasteiger partial charge in [0.05, 0.1) is 17.7 Å². The molecule has 2 aromatic carbocycles. The van der Waals surface area contributed by atoms with Gasteiger partial charge in [0.25, 0.3) is 0 Å². The summed E-state index contributed by atoms with van der Waals surface area (Å²) in [4.78, 5) is 9.09. The van der Waals surface area contributed by atoms with Gasteiger partial charge in [0.15, 0.2) is 5.13 Å². The van der Waals surface area contributed by atoms with Crippen LogP contribution in [0.15, 0.2) is 77.1 Å². The van der Waals surface area contributed by atoms with Gasteiger partial charge in [-0.3, -0.25) is 4.99 Å². The van der Waals surface area contributed by atoms with Crippen LogP contribution in [0.5, 0.6) is 0 Å². The smallest absolute Gasteiger partial charge is 0.180 e. The fourth-order valence-corrected chi connectivity index (χ4v) is 3.95. The molecule has 0 bridgehead atoms. The summed E-state index contributed by atoms with van der Waals surface area (Å²) in [5.41, 5.74) is 10.3. The maximum atomic E-state index is 5.90. The fourth-order valence-electron chi connectivity index (χ4n) is 3.30. The van der Waals surface area contributed by atoms with Crippen LogP contribution in [-0.2, 0) is 11.8 Å². The van der Waals surface area contributed by atoms with Crippen molar-refractivity contribution in [1.29, 1.82) is 0 Å². The van der Waals surface area contributed by atoms with E-state index >= 15 is 0 Å².